The molecule has 1 aliphatic heterocycles. The number of carbonyl (C=O) groups excluding carboxylic acids is 1. The lowest BCUT2D eigenvalue weighted by Gasteiger charge is -2.20. The average molecular weight is 219 g/mol. The molecule has 0 unspecified atom stereocenters. The number of amides is 1. The number of nitrogens with zero attached hydrogens (tertiary/aromatic N) is 1. The van der Waals surface area contributed by atoms with E-state index in [9.17, 15) is 4.79 Å². The fourth-order valence-electron chi connectivity index (χ4n) is 1.85. The zero-order valence-corrected chi connectivity index (χ0v) is 8.73. The molecule has 5 heteroatoms. The van der Waals surface area contributed by atoms with E-state index in [-0.39, 0.29) is 0 Å². The largest absolute Gasteiger partial charge is 0.411 e. The van der Waals surface area contributed by atoms with Crippen LogP contribution >= 0.6 is 0 Å². The summed E-state index contributed by atoms with van der Waals surface area (Å²) in [6, 6.07) is 5.82. The average Bonchev–Trinajstić information content (AvgIpc) is 2.30. The van der Waals surface area contributed by atoms with Gasteiger partial charge in [-0.1, -0.05) is 17.3 Å². The Labute approximate surface area is 93.2 Å². The maximum Gasteiger partial charge on any atom is 0.270 e. The van der Waals surface area contributed by atoms with Crippen molar-refractivity contribution in [2.24, 2.45) is 5.16 Å². The molecule has 0 spiro atoms. The molecule has 0 aliphatic carbocycles. The Morgan fingerprint density at radius 3 is 3.25 bits per heavy atom. The van der Waals surface area contributed by atoms with E-state index in [2.05, 4.69) is 21.9 Å². The second kappa shape index (κ2) is 4.76. The highest BCUT2D eigenvalue weighted by molar-refractivity contribution is 6.31. The number of oxime groups is 1. The molecular weight excluding hydrogens is 206 g/mol. The number of hydrogen-bond acceptors (Lipinski definition) is 4. The number of rotatable bonds is 2. The molecule has 1 aromatic rings. The molecule has 0 fully saturated rings. The highest BCUT2D eigenvalue weighted by Crippen LogP contribution is 2.22. The van der Waals surface area contributed by atoms with E-state index in [1.165, 1.54) is 5.56 Å². The first-order valence-electron chi connectivity index (χ1n) is 5.11. The van der Waals surface area contributed by atoms with Crippen molar-refractivity contribution in [3.63, 3.8) is 0 Å². The molecule has 1 aliphatic rings. The van der Waals surface area contributed by atoms with Gasteiger partial charge in [-0.05, 0) is 30.2 Å². The van der Waals surface area contributed by atoms with E-state index in [0.717, 1.165) is 37.0 Å². The van der Waals surface area contributed by atoms with Crippen molar-refractivity contribution in [2.45, 2.75) is 13.0 Å². The summed E-state index contributed by atoms with van der Waals surface area (Å²) in [5, 5.41) is 16.9. The Hall–Kier alpha value is -1.88. The van der Waals surface area contributed by atoms with Crippen LogP contribution in [0.4, 0.5) is 5.69 Å². The van der Waals surface area contributed by atoms with Crippen LogP contribution in [-0.2, 0) is 17.8 Å². The Kier molecular flexibility index (Phi) is 3.16. The summed E-state index contributed by atoms with van der Waals surface area (Å²) in [5.74, 6) is -0.429. The lowest BCUT2D eigenvalue weighted by atomic mass is 9.99. The summed E-state index contributed by atoms with van der Waals surface area (Å²) in [6.45, 7) is 1.71. The number of nitrogens with one attached hydrogen (secondary N) is 2. The van der Waals surface area contributed by atoms with Gasteiger partial charge in [0.1, 0.15) is 6.21 Å². The molecule has 1 amide bonds. The third kappa shape index (κ3) is 2.20. The van der Waals surface area contributed by atoms with Crippen LogP contribution in [-0.4, -0.2) is 23.9 Å². The molecule has 0 saturated heterocycles. The highest BCUT2D eigenvalue weighted by atomic mass is 16.4. The molecule has 1 aromatic carbocycles. The van der Waals surface area contributed by atoms with Gasteiger partial charge in [0.05, 0.1) is 0 Å². The first-order chi connectivity index (χ1) is 7.81. The van der Waals surface area contributed by atoms with Crippen molar-refractivity contribution in [1.82, 2.24) is 5.32 Å². The van der Waals surface area contributed by atoms with Crippen molar-refractivity contribution in [3.8, 4) is 0 Å². The first kappa shape index (κ1) is 10.6. The molecule has 0 saturated carbocycles. The van der Waals surface area contributed by atoms with Crippen molar-refractivity contribution >= 4 is 17.8 Å². The molecule has 0 atom stereocenters. The van der Waals surface area contributed by atoms with Crippen LogP contribution in [0.25, 0.3) is 0 Å². The molecule has 0 bridgehead atoms. The van der Waals surface area contributed by atoms with Crippen molar-refractivity contribution < 1.29 is 10.0 Å². The molecular formula is C11H13N3O2. The minimum absolute atomic E-state index is 0.429. The van der Waals surface area contributed by atoms with E-state index in [1.807, 2.05) is 12.1 Å². The maximum atomic E-state index is 11.3. The summed E-state index contributed by atoms with van der Waals surface area (Å²) in [5.41, 5.74) is 3.13. The molecule has 16 heavy (non-hydrogen) atoms. The second-order valence-electron chi connectivity index (χ2n) is 3.60. The van der Waals surface area contributed by atoms with Gasteiger partial charge in [0.25, 0.3) is 5.91 Å². The van der Waals surface area contributed by atoms with Gasteiger partial charge in [-0.2, -0.15) is 0 Å². The van der Waals surface area contributed by atoms with E-state index < -0.39 is 5.91 Å². The van der Waals surface area contributed by atoms with Gasteiger partial charge in [-0.3, -0.25) is 4.79 Å². The van der Waals surface area contributed by atoms with Gasteiger partial charge in [0.15, 0.2) is 0 Å². The van der Waals surface area contributed by atoms with Crippen molar-refractivity contribution in [2.75, 3.05) is 11.9 Å². The Bertz CT molecular complexity index is 429. The normalized spacial score (nSPS) is 14.8. The summed E-state index contributed by atoms with van der Waals surface area (Å²) >= 11 is 0. The van der Waals surface area contributed by atoms with Gasteiger partial charge in [-0.25, -0.2) is 0 Å². The van der Waals surface area contributed by atoms with Crippen LogP contribution in [0, 0.1) is 0 Å². The van der Waals surface area contributed by atoms with Gasteiger partial charge < -0.3 is 15.8 Å². The lowest BCUT2D eigenvalue weighted by Crippen LogP contribution is -2.25. The quantitative estimate of drug-likeness (QED) is 0.390. The predicted octanol–water partition coefficient (Wildman–Crippen LogP) is 0.731. The number of benzene rings is 1. The van der Waals surface area contributed by atoms with Crippen molar-refractivity contribution in [3.05, 3.63) is 29.3 Å². The fraction of sp³-hybridized carbons (Fsp3) is 0.273. The predicted molar refractivity (Wildman–Crippen MR) is 60.8 cm³/mol. The van der Waals surface area contributed by atoms with Crippen LogP contribution < -0.4 is 10.6 Å². The molecule has 84 valence electrons. The number of fused-ring (bicyclic) bond motifs is 1. The fourth-order valence-corrected chi connectivity index (χ4v) is 1.85. The van der Waals surface area contributed by atoms with E-state index in [4.69, 9.17) is 5.21 Å². The van der Waals surface area contributed by atoms with Gasteiger partial charge >= 0.3 is 0 Å². The van der Waals surface area contributed by atoms with E-state index in [1.54, 1.807) is 0 Å². The van der Waals surface area contributed by atoms with Crippen LogP contribution in [0.5, 0.6) is 0 Å². The highest BCUT2D eigenvalue weighted by Gasteiger charge is 2.13. The minimum Gasteiger partial charge on any atom is -0.411 e. The van der Waals surface area contributed by atoms with Gasteiger partial charge in [0, 0.05) is 12.2 Å². The third-order valence-electron chi connectivity index (χ3n) is 2.58. The van der Waals surface area contributed by atoms with Crippen LogP contribution in [0.2, 0.25) is 0 Å². The van der Waals surface area contributed by atoms with Crippen LogP contribution in [0.3, 0.4) is 0 Å². The molecule has 1 heterocycles. The van der Waals surface area contributed by atoms with Gasteiger partial charge in [0.2, 0.25) is 0 Å². The standard InChI is InChI=1S/C11H13N3O2/c15-11(7-13-16)14-10-3-1-2-8-4-5-12-6-9(8)10/h1-3,7,12,16H,4-6H2,(H,14,15). The minimum atomic E-state index is -0.429. The van der Waals surface area contributed by atoms with Crippen molar-refractivity contribution in [1.29, 1.82) is 0 Å². The maximum absolute atomic E-state index is 11.3. The van der Waals surface area contributed by atoms with E-state index >= 15 is 0 Å². The zero-order valence-electron chi connectivity index (χ0n) is 8.73. The lowest BCUT2D eigenvalue weighted by molar-refractivity contribution is -0.110. The van der Waals surface area contributed by atoms with E-state index in [0.29, 0.717) is 0 Å². The number of anilines is 1. The third-order valence-corrected chi connectivity index (χ3v) is 2.58. The van der Waals surface area contributed by atoms with Gasteiger partial charge in [-0.15, -0.1) is 0 Å². The monoisotopic (exact) mass is 219 g/mol. The molecule has 5 nitrogen and oxygen atoms in total. The molecule has 3 N–H and O–H groups in total. The number of carbonyl (C=O) groups is 1. The summed E-state index contributed by atoms with van der Waals surface area (Å²) in [4.78, 5) is 11.3. The summed E-state index contributed by atoms with van der Waals surface area (Å²) in [7, 11) is 0. The van der Waals surface area contributed by atoms with Crippen LogP contribution in [0.15, 0.2) is 23.4 Å². The number of hydrogen-bond donors (Lipinski definition) is 3. The topological polar surface area (TPSA) is 73.7 Å². The SMILES string of the molecule is O=C(C=NO)Nc1cccc2c1CNCC2. The smallest absolute Gasteiger partial charge is 0.270 e. The molecule has 0 aromatic heterocycles. The Morgan fingerprint density at radius 2 is 2.44 bits per heavy atom. The molecule has 2 rings (SSSR count). The second-order valence-corrected chi connectivity index (χ2v) is 3.60. The molecule has 0 radical (unpaired) electrons. The zero-order chi connectivity index (χ0) is 11.4. The first-order valence-corrected chi connectivity index (χ1v) is 5.11. The summed E-state index contributed by atoms with van der Waals surface area (Å²) in [6.07, 6.45) is 1.81. The summed E-state index contributed by atoms with van der Waals surface area (Å²) < 4.78 is 0. The van der Waals surface area contributed by atoms with Crippen LogP contribution in [0.1, 0.15) is 11.1 Å². The Balaban J connectivity index is 2.24. The Morgan fingerprint density at radius 1 is 1.56 bits per heavy atom.